The molecule has 0 aliphatic carbocycles. The second kappa shape index (κ2) is 11.4. The molecule has 4 heteroatoms. The van der Waals surface area contributed by atoms with Crippen molar-refractivity contribution in [1.82, 2.24) is 5.32 Å². The molecule has 1 aromatic rings. The van der Waals surface area contributed by atoms with Gasteiger partial charge in [0.15, 0.2) is 0 Å². The van der Waals surface area contributed by atoms with Crippen molar-refractivity contribution in [1.29, 1.82) is 0 Å². The number of rotatable bonds is 12. The molecule has 0 aliphatic rings. The summed E-state index contributed by atoms with van der Waals surface area (Å²) in [6.07, 6.45) is 3.17. The molecule has 0 unspecified atom stereocenters. The number of methoxy groups -OCH3 is 1. The molecule has 2 N–H and O–H groups in total. The average molecular weight is 323 g/mol. The van der Waals surface area contributed by atoms with Crippen molar-refractivity contribution in [3.63, 3.8) is 0 Å². The van der Waals surface area contributed by atoms with Gasteiger partial charge in [0.1, 0.15) is 5.75 Å². The number of hydrogen-bond acceptors (Lipinski definition) is 4. The van der Waals surface area contributed by atoms with E-state index >= 15 is 0 Å². The molecular weight excluding hydrogens is 290 g/mol. The van der Waals surface area contributed by atoms with Crippen LogP contribution in [0.25, 0.3) is 0 Å². The van der Waals surface area contributed by atoms with Crippen molar-refractivity contribution in [3.8, 4) is 5.75 Å². The summed E-state index contributed by atoms with van der Waals surface area (Å²) >= 11 is 0. The number of aliphatic hydroxyl groups is 1. The van der Waals surface area contributed by atoms with Gasteiger partial charge >= 0.3 is 0 Å². The van der Waals surface area contributed by atoms with Crippen LogP contribution in [0, 0.1) is 5.92 Å². The van der Waals surface area contributed by atoms with Crippen LogP contribution in [-0.2, 0) is 11.3 Å². The summed E-state index contributed by atoms with van der Waals surface area (Å²) in [7, 11) is 1.65. The van der Waals surface area contributed by atoms with Crippen LogP contribution < -0.4 is 10.1 Å². The van der Waals surface area contributed by atoms with Gasteiger partial charge in [-0.3, -0.25) is 0 Å². The van der Waals surface area contributed by atoms with Crippen molar-refractivity contribution in [3.05, 3.63) is 29.8 Å². The third kappa shape index (κ3) is 9.59. The molecule has 0 heterocycles. The Morgan fingerprint density at radius 3 is 2.39 bits per heavy atom. The van der Waals surface area contributed by atoms with E-state index in [0.29, 0.717) is 25.8 Å². The average Bonchev–Trinajstić information content (AvgIpc) is 2.53. The van der Waals surface area contributed by atoms with Crippen molar-refractivity contribution in [2.24, 2.45) is 5.92 Å². The van der Waals surface area contributed by atoms with Crippen molar-refractivity contribution in [2.75, 3.05) is 20.3 Å². The third-order valence-electron chi connectivity index (χ3n) is 3.86. The third-order valence-corrected chi connectivity index (χ3v) is 3.86. The van der Waals surface area contributed by atoms with Crippen molar-refractivity contribution in [2.45, 2.75) is 58.8 Å². The van der Waals surface area contributed by atoms with Gasteiger partial charge < -0.3 is 19.9 Å². The molecule has 0 aromatic heterocycles. The maximum Gasteiger partial charge on any atom is 0.118 e. The van der Waals surface area contributed by atoms with Crippen LogP contribution in [0.1, 0.15) is 45.6 Å². The molecule has 0 saturated carbocycles. The van der Waals surface area contributed by atoms with E-state index in [1.807, 2.05) is 24.3 Å². The lowest BCUT2D eigenvalue weighted by Crippen LogP contribution is -2.35. The Bertz CT molecular complexity index is 406. The Kier molecular flexibility index (Phi) is 9.92. The minimum absolute atomic E-state index is 0.345. The van der Waals surface area contributed by atoms with Crippen LogP contribution in [0.5, 0.6) is 5.75 Å². The maximum absolute atomic E-state index is 9.96. The first-order valence-corrected chi connectivity index (χ1v) is 8.63. The molecular formula is C19H33NO3. The zero-order chi connectivity index (χ0) is 17.1. The molecule has 132 valence electrons. The fourth-order valence-corrected chi connectivity index (χ4v) is 2.37. The zero-order valence-corrected chi connectivity index (χ0v) is 15.0. The number of hydrogen-bond donors (Lipinski definition) is 2. The molecule has 1 rings (SSSR count). The molecule has 0 spiro atoms. The number of nitrogens with one attached hydrogen (secondary N) is 1. The predicted molar refractivity (Wildman–Crippen MR) is 94.8 cm³/mol. The van der Waals surface area contributed by atoms with Crippen molar-refractivity contribution >= 4 is 0 Å². The Balaban J connectivity index is 2.10. The second-order valence-electron chi connectivity index (χ2n) is 6.65. The van der Waals surface area contributed by atoms with E-state index < -0.39 is 6.10 Å². The lowest BCUT2D eigenvalue weighted by Gasteiger charge is -2.17. The summed E-state index contributed by atoms with van der Waals surface area (Å²) in [6.45, 7) is 8.10. The Morgan fingerprint density at radius 2 is 1.78 bits per heavy atom. The van der Waals surface area contributed by atoms with Crippen LogP contribution in [0.4, 0.5) is 0 Å². The smallest absolute Gasteiger partial charge is 0.118 e. The van der Waals surface area contributed by atoms with E-state index in [9.17, 15) is 5.11 Å². The summed E-state index contributed by atoms with van der Waals surface area (Å²) in [5.41, 5.74) is 1.08. The lowest BCUT2D eigenvalue weighted by atomic mass is 10.0. The van der Waals surface area contributed by atoms with E-state index in [0.717, 1.165) is 23.7 Å². The molecule has 0 amide bonds. The van der Waals surface area contributed by atoms with E-state index in [1.165, 1.54) is 12.8 Å². The predicted octanol–water partition coefficient (Wildman–Crippen LogP) is 3.38. The van der Waals surface area contributed by atoms with E-state index in [1.54, 1.807) is 7.11 Å². The van der Waals surface area contributed by atoms with Gasteiger partial charge in [-0.2, -0.15) is 0 Å². The number of aliphatic hydroxyl groups excluding tert-OH is 1. The monoisotopic (exact) mass is 323 g/mol. The van der Waals surface area contributed by atoms with Crippen LogP contribution in [0.15, 0.2) is 24.3 Å². The number of benzene rings is 1. The summed E-state index contributed by atoms with van der Waals surface area (Å²) < 4.78 is 10.7. The molecule has 0 radical (unpaired) electrons. The molecule has 0 saturated heterocycles. The van der Waals surface area contributed by atoms with Crippen LogP contribution in [-0.4, -0.2) is 37.5 Å². The van der Waals surface area contributed by atoms with Crippen molar-refractivity contribution < 1.29 is 14.6 Å². The normalized spacial score (nSPS) is 14.0. The maximum atomic E-state index is 9.96. The van der Waals surface area contributed by atoms with Gasteiger partial charge in [-0.25, -0.2) is 0 Å². The molecule has 0 bridgehead atoms. The van der Waals surface area contributed by atoms with Crippen LogP contribution >= 0.6 is 0 Å². The minimum atomic E-state index is -0.471. The molecule has 4 nitrogen and oxygen atoms in total. The first-order chi connectivity index (χ1) is 11.0. The molecule has 0 aliphatic heterocycles. The van der Waals surface area contributed by atoms with E-state index in [-0.39, 0.29) is 0 Å². The highest BCUT2D eigenvalue weighted by Crippen LogP contribution is 2.12. The Morgan fingerprint density at radius 1 is 1.09 bits per heavy atom. The standard InChI is InChI=1S/C19H33NO3/c1-15(2)6-5-7-16(3)20-12-18(21)14-23-13-17-8-10-19(22-4)11-9-17/h8-11,15-16,18,20-21H,5-7,12-14H2,1-4H3/t16-,18+/m0/s1. The highest BCUT2D eigenvalue weighted by molar-refractivity contribution is 5.26. The molecule has 1 aromatic carbocycles. The minimum Gasteiger partial charge on any atom is -0.497 e. The van der Waals surface area contributed by atoms with Gasteiger partial charge in [0.05, 0.1) is 26.4 Å². The zero-order valence-electron chi connectivity index (χ0n) is 15.0. The molecule has 23 heavy (non-hydrogen) atoms. The van der Waals surface area contributed by atoms with Gasteiger partial charge in [0.25, 0.3) is 0 Å². The second-order valence-corrected chi connectivity index (χ2v) is 6.65. The first-order valence-electron chi connectivity index (χ1n) is 8.63. The van der Waals surface area contributed by atoms with Gasteiger partial charge in [-0.15, -0.1) is 0 Å². The highest BCUT2D eigenvalue weighted by atomic mass is 16.5. The van der Waals surface area contributed by atoms with E-state index in [2.05, 4.69) is 26.1 Å². The van der Waals surface area contributed by atoms with Gasteiger partial charge in [-0.1, -0.05) is 38.8 Å². The summed E-state index contributed by atoms with van der Waals surface area (Å²) in [5.74, 6) is 1.60. The SMILES string of the molecule is COc1ccc(COC[C@H](O)CN[C@@H](C)CCCC(C)C)cc1. The number of ether oxygens (including phenoxy) is 2. The van der Waals surface area contributed by atoms with Gasteiger partial charge in [0.2, 0.25) is 0 Å². The summed E-state index contributed by atoms with van der Waals surface area (Å²) in [4.78, 5) is 0. The largest absolute Gasteiger partial charge is 0.497 e. The fraction of sp³-hybridized carbons (Fsp3) is 0.684. The Labute approximate surface area is 141 Å². The highest BCUT2D eigenvalue weighted by Gasteiger charge is 2.08. The van der Waals surface area contributed by atoms with Gasteiger partial charge in [-0.05, 0) is 37.0 Å². The molecule has 2 atom stereocenters. The summed E-state index contributed by atoms with van der Waals surface area (Å²) in [5, 5.41) is 13.3. The Hall–Kier alpha value is -1.10. The van der Waals surface area contributed by atoms with E-state index in [4.69, 9.17) is 9.47 Å². The molecule has 0 fully saturated rings. The first kappa shape index (κ1) is 19.9. The van der Waals surface area contributed by atoms with Crippen LogP contribution in [0.2, 0.25) is 0 Å². The van der Waals surface area contributed by atoms with Gasteiger partial charge in [0, 0.05) is 12.6 Å². The lowest BCUT2D eigenvalue weighted by molar-refractivity contribution is 0.0277. The summed E-state index contributed by atoms with van der Waals surface area (Å²) in [6, 6.07) is 8.20. The quantitative estimate of drug-likeness (QED) is 0.619. The van der Waals surface area contributed by atoms with Crippen LogP contribution in [0.3, 0.4) is 0 Å². The fourth-order valence-electron chi connectivity index (χ4n) is 2.37. The topological polar surface area (TPSA) is 50.7 Å².